The highest BCUT2D eigenvalue weighted by atomic mass is 79.9. The minimum atomic E-state index is -0.275. The molecule has 0 fully saturated rings. The van der Waals surface area contributed by atoms with Gasteiger partial charge in [0.2, 0.25) is 0 Å². The summed E-state index contributed by atoms with van der Waals surface area (Å²) in [5.74, 6) is -0.275. The number of nitrogens with two attached hydrogens (primary N) is 1. The van der Waals surface area contributed by atoms with E-state index in [9.17, 15) is 4.39 Å². The summed E-state index contributed by atoms with van der Waals surface area (Å²) in [6.07, 6.45) is 1.65. The van der Waals surface area contributed by atoms with Gasteiger partial charge in [-0.15, -0.1) is 0 Å². The second-order valence-corrected chi connectivity index (χ2v) is 5.25. The van der Waals surface area contributed by atoms with Crippen LogP contribution in [0.1, 0.15) is 31.4 Å². The van der Waals surface area contributed by atoms with Crippen LogP contribution in [0.15, 0.2) is 22.7 Å². The van der Waals surface area contributed by atoms with Crippen LogP contribution in [0.25, 0.3) is 0 Å². The molecule has 0 aliphatic carbocycles. The van der Waals surface area contributed by atoms with E-state index in [0.29, 0.717) is 11.0 Å². The lowest BCUT2D eigenvalue weighted by Gasteiger charge is -2.22. The Kier molecular flexibility index (Phi) is 6.78. The van der Waals surface area contributed by atoms with Crippen molar-refractivity contribution < 1.29 is 9.50 Å². The van der Waals surface area contributed by atoms with Gasteiger partial charge < -0.3 is 16.2 Å². The lowest BCUT2D eigenvalue weighted by Crippen LogP contribution is -2.35. The highest BCUT2D eigenvalue weighted by Gasteiger charge is 2.13. The van der Waals surface area contributed by atoms with Crippen molar-refractivity contribution in [3.63, 3.8) is 0 Å². The molecular weight excluding hydrogens is 299 g/mol. The van der Waals surface area contributed by atoms with E-state index in [0.717, 1.165) is 18.4 Å². The fourth-order valence-corrected chi connectivity index (χ4v) is 2.25. The Morgan fingerprint density at radius 1 is 1.50 bits per heavy atom. The Labute approximate surface area is 116 Å². The van der Waals surface area contributed by atoms with Gasteiger partial charge in [0.05, 0.1) is 4.47 Å². The maximum Gasteiger partial charge on any atom is 0.137 e. The molecule has 102 valence electrons. The van der Waals surface area contributed by atoms with Crippen molar-refractivity contribution in [3.05, 3.63) is 34.1 Å². The molecule has 2 unspecified atom stereocenters. The summed E-state index contributed by atoms with van der Waals surface area (Å²) in [7, 11) is 0. The molecule has 0 saturated carbocycles. The first-order valence-electron chi connectivity index (χ1n) is 6.10. The number of aliphatic hydroxyl groups is 1. The summed E-state index contributed by atoms with van der Waals surface area (Å²) >= 11 is 3.18. The van der Waals surface area contributed by atoms with Gasteiger partial charge in [-0.1, -0.05) is 6.07 Å². The predicted molar refractivity (Wildman–Crippen MR) is 74.8 cm³/mol. The maximum absolute atomic E-state index is 13.2. The van der Waals surface area contributed by atoms with Gasteiger partial charge in [-0.05, 0) is 53.4 Å². The van der Waals surface area contributed by atoms with Crippen molar-refractivity contribution >= 4 is 15.9 Å². The highest BCUT2D eigenvalue weighted by Crippen LogP contribution is 2.21. The summed E-state index contributed by atoms with van der Waals surface area (Å²) in [6.45, 7) is 2.69. The first kappa shape index (κ1) is 15.6. The summed E-state index contributed by atoms with van der Waals surface area (Å²) < 4.78 is 13.6. The number of halogens is 2. The molecule has 1 aromatic rings. The summed E-state index contributed by atoms with van der Waals surface area (Å²) in [5, 5.41) is 12.2. The molecule has 0 spiro atoms. The van der Waals surface area contributed by atoms with Gasteiger partial charge in [0, 0.05) is 25.2 Å². The van der Waals surface area contributed by atoms with Crippen LogP contribution in [-0.2, 0) is 0 Å². The SMILES string of the molecule is CC(CCCO)NC(CN)c1ccc(F)c(Br)c1. The molecule has 0 aliphatic heterocycles. The van der Waals surface area contributed by atoms with Crippen molar-refractivity contribution in [2.75, 3.05) is 13.2 Å². The van der Waals surface area contributed by atoms with Crippen LogP contribution in [0.2, 0.25) is 0 Å². The van der Waals surface area contributed by atoms with E-state index in [1.807, 2.05) is 0 Å². The van der Waals surface area contributed by atoms with Crippen LogP contribution in [0.5, 0.6) is 0 Å². The normalized spacial score (nSPS) is 14.5. The van der Waals surface area contributed by atoms with E-state index in [4.69, 9.17) is 10.8 Å². The minimum Gasteiger partial charge on any atom is -0.396 e. The van der Waals surface area contributed by atoms with Crippen molar-refractivity contribution in [2.24, 2.45) is 5.73 Å². The molecule has 4 N–H and O–H groups in total. The number of aliphatic hydroxyl groups excluding tert-OH is 1. The molecule has 0 aromatic heterocycles. The molecule has 0 radical (unpaired) electrons. The van der Waals surface area contributed by atoms with E-state index >= 15 is 0 Å². The molecule has 0 saturated heterocycles. The van der Waals surface area contributed by atoms with Gasteiger partial charge in [0.1, 0.15) is 5.82 Å². The van der Waals surface area contributed by atoms with Crippen molar-refractivity contribution in [1.29, 1.82) is 0 Å². The van der Waals surface area contributed by atoms with Crippen molar-refractivity contribution in [2.45, 2.75) is 31.8 Å². The monoisotopic (exact) mass is 318 g/mol. The van der Waals surface area contributed by atoms with E-state index in [2.05, 4.69) is 28.2 Å². The summed E-state index contributed by atoms with van der Waals surface area (Å²) in [6, 6.07) is 5.18. The average Bonchev–Trinajstić information content (AvgIpc) is 2.37. The number of hydrogen-bond acceptors (Lipinski definition) is 3. The number of hydrogen-bond donors (Lipinski definition) is 3. The Hall–Kier alpha value is -0.490. The van der Waals surface area contributed by atoms with Crippen molar-refractivity contribution in [3.8, 4) is 0 Å². The second kappa shape index (κ2) is 7.84. The summed E-state index contributed by atoms with van der Waals surface area (Å²) in [5.41, 5.74) is 6.71. The molecular formula is C13H20BrFN2O. The molecule has 0 heterocycles. The molecule has 0 aliphatic rings. The quantitative estimate of drug-likeness (QED) is 0.723. The third-order valence-corrected chi connectivity index (χ3v) is 3.47. The standard InChI is InChI=1S/C13H20BrFN2O/c1-9(3-2-6-18)17-13(8-16)10-4-5-12(15)11(14)7-10/h4-5,7,9,13,17-18H,2-3,6,8,16H2,1H3. The van der Waals surface area contributed by atoms with Crippen LogP contribution in [0.3, 0.4) is 0 Å². The zero-order chi connectivity index (χ0) is 13.5. The van der Waals surface area contributed by atoms with Crippen LogP contribution in [0.4, 0.5) is 4.39 Å². The van der Waals surface area contributed by atoms with Crippen LogP contribution < -0.4 is 11.1 Å². The predicted octanol–water partition coefficient (Wildman–Crippen LogP) is 2.34. The Bertz CT molecular complexity index is 376. The fraction of sp³-hybridized carbons (Fsp3) is 0.538. The lowest BCUT2D eigenvalue weighted by atomic mass is 10.0. The van der Waals surface area contributed by atoms with Gasteiger partial charge in [-0.3, -0.25) is 0 Å². The molecule has 5 heteroatoms. The van der Waals surface area contributed by atoms with E-state index in [1.54, 1.807) is 12.1 Å². The first-order chi connectivity index (χ1) is 8.58. The molecule has 1 aromatic carbocycles. The number of benzene rings is 1. The Balaban J connectivity index is 2.67. The zero-order valence-corrected chi connectivity index (χ0v) is 12.1. The molecule has 0 bridgehead atoms. The fourth-order valence-electron chi connectivity index (χ4n) is 1.85. The minimum absolute atomic E-state index is 0.00408. The molecule has 3 nitrogen and oxygen atoms in total. The van der Waals surface area contributed by atoms with Gasteiger partial charge in [0.25, 0.3) is 0 Å². The van der Waals surface area contributed by atoms with E-state index in [1.165, 1.54) is 6.07 Å². The Morgan fingerprint density at radius 2 is 2.22 bits per heavy atom. The lowest BCUT2D eigenvalue weighted by molar-refractivity contribution is 0.274. The smallest absolute Gasteiger partial charge is 0.137 e. The molecule has 0 amide bonds. The Morgan fingerprint density at radius 3 is 2.78 bits per heavy atom. The molecule has 1 rings (SSSR count). The van der Waals surface area contributed by atoms with Gasteiger partial charge in [-0.25, -0.2) is 4.39 Å². The van der Waals surface area contributed by atoms with E-state index < -0.39 is 0 Å². The summed E-state index contributed by atoms with van der Waals surface area (Å²) in [4.78, 5) is 0. The second-order valence-electron chi connectivity index (χ2n) is 4.40. The van der Waals surface area contributed by atoms with Gasteiger partial charge in [-0.2, -0.15) is 0 Å². The topological polar surface area (TPSA) is 58.3 Å². The van der Waals surface area contributed by atoms with Crippen LogP contribution >= 0.6 is 15.9 Å². The highest BCUT2D eigenvalue weighted by molar-refractivity contribution is 9.10. The molecule has 2 atom stereocenters. The first-order valence-corrected chi connectivity index (χ1v) is 6.89. The number of nitrogens with one attached hydrogen (secondary N) is 1. The maximum atomic E-state index is 13.2. The van der Waals surface area contributed by atoms with Crippen LogP contribution in [-0.4, -0.2) is 24.3 Å². The van der Waals surface area contributed by atoms with Crippen molar-refractivity contribution in [1.82, 2.24) is 5.32 Å². The average molecular weight is 319 g/mol. The van der Waals surface area contributed by atoms with Gasteiger partial charge >= 0.3 is 0 Å². The van der Waals surface area contributed by atoms with Gasteiger partial charge in [0.15, 0.2) is 0 Å². The third-order valence-electron chi connectivity index (χ3n) is 2.86. The largest absolute Gasteiger partial charge is 0.396 e. The van der Waals surface area contributed by atoms with E-state index in [-0.39, 0.29) is 24.5 Å². The van der Waals surface area contributed by atoms with Crippen LogP contribution in [0, 0.1) is 5.82 Å². The third kappa shape index (κ3) is 4.65. The zero-order valence-electron chi connectivity index (χ0n) is 10.5. The number of rotatable bonds is 7. The molecule has 18 heavy (non-hydrogen) atoms.